The van der Waals surface area contributed by atoms with Crippen LogP contribution >= 0.6 is 11.3 Å². The minimum atomic E-state index is -0.748. The number of aryl methyl sites for hydroxylation is 1. The number of thiophene rings is 1. The normalized spacial score (nSPS) is 17.4. The van der Waals surface area contributed by atoms with Crippen molar-refractivity contribution >= 4 is 49.3 Å². The smallest absolute Gasteiger partial charge is 0.256 e. The van der Waals surface area contributed by atoms with Crippen LogP contribution in [0.2, 0.25) is 0 Å². The summed E-state index contributed by atoms with van der Waals surface area (Å²) in [6.45, 7) is 4.90. The van der Waals surface area contributed by atoms with Crippen LogP contribution in [0.5, 0.6) is 0 Å². The average molecular weight is 520 g/mol. The number of hydrogen-bond donors (Lipinski definition) is 1. The summed E-state index contributed by atoms with van der Waals surface area (Å²) in [7, 11) is 0. The number of hydrogen-bond acceptors (Lipinski definition) is 7. The van der Waals surface area contributed by atoms with Gasteiger partial charge in [0.1, 0.15) is 33.7 Å². The molecule has 1 atom stereocenters. The van der Waals surface area contributed by atoms with Gasteiger partial charge in [-0.25, -0.2) is 13.5 Å². The fourth-order valence-corrected chi connectivity index (χ4v) is 6.29. The molecule has 0 bridgehead atoms. The van der Waals surface area contributed by atoms with Crippen molar-refractivity contribution in [3.05, 3.63) is 53.6 Å². The molecule has 1 saturated heterocycles. The second-order valence-corrected chi connectivity index (χ2v) is 10.0. The number of carbonyl (C=O) groups is 2. The van der Waals surface area contributed by atoms with Gasteiger partial charge in [-0.2, -0.15) is 5.26 Å². The first-order valence-corrected chi connectivity index (χ1v) is 12.3. The second-order valence-electron chi connectivity index (χ2n) is 8.97. The number of amides is 2. The van der Waals surface area contributed by atoms with Crippen LogP contribution in [0.15, 0.2) is 30.9 Å². The van der Waals surface area contributed by atoms with Crippen LogP contribution in [0.25, 0.3) is 32.2 Å². The molecule has 2 amide bonds. The Balaban J connectivity index is 1.54. The van der Waals surface area contributed by atoms with Crippen LogP contribution in [-0.2, 0) is 11.3 Å². The predicted molar refractivity (Wildman–Crippen MR) is 134 cm³/mol. The molecular formula is C25H19F2N7O2S. The number of aromatic nitrogens is 3. The summed E-state index contributed by atoms with van der Waals surface area (Å²) in [5.74, 6) is -1.90. The number of anilines is 1. The van der Waals surface area contributed by atoms with Gasteiger partial charge in [-0.05, 0) is 30.2 Å². The number of nitrogens with two attached hydrogens (primary N) is 1. The molecule has 2 N–H and O–H groups in total. The molecule has 0 unspecified atom stereocenters. The molecule has 2 aromatic carbocycles. The molecule has 1 fully saturated rings. The maximum Gasteiger partial charge on any atom is 0.256 e. The summed E-state index contributed by atoms with van der Waals surface area (Å²) in [6, 6.07) is 5.46. The fourth-order valence-electron chi connectivity index (χ4n) is 5.34. The van der Waals surface area contributed by atoms with Gasteiger partial charge in [0.2, 0.25) is 5.91 Å². The van der Waals surface area contributed by atoms with Crippen molar-refractivity contribution < 1.29 is 18.4 Å². The van der Waals surface area contributed by atoms with Gasteiger partial charge in [-0.1, -0.05) is 17.9 Å². The second kappa shape index (κ2) is 8.35. The summed E-state index contributed by atoms with van der Waals surface area (Å²) in [5.41, 5.74) is 6.92. The van der Waals surface area contributed by atoms with E-state index in [9.17, 15) is 19.2 Å². The average Bonchev–Trinajstić information content (AvgIpc) is 3.47. The van der Waals surface area contributed by atoms with Crippen LogP contribution in [0, 0.1) is 23.0 Å². The summed E-state index contributed by atoms with van der Waals surface area (Å²) in [5, 5.41) is 18.5. The third kappa shape index (κ3) is 3.31. The van der Waals surface area contributed by atoms with Crippen molar-refractivity contribution in [3.63, 3.8) is 0 Å². The third-order valence-electron chi connectivity index (χ3n) is 7.07. The van der Waals surface area contributed by atoms with Gasteiger partial charge in [-0.15, -0.1) is 16.4 Å². The molecule has 37 heavy (non-hydrogen) atoms. The molecule has 4 heterocycles. The van der Waals surface area contributed by atoms with Crippen LogP contribution in [0.1, 0.15) is 22.3 Å². The predicted octanol–water partition coefficient (Wildman–Crippen LogP) is 3.29. The Kier molecular flexibility index (Phi) is 5.20. The van der Waals surface area contributed by atoms with Crippen molar-refractivity contribution in [1.29, 1.82) is 5.26 Å². The van der Waals surface area contributed by atoms with Gasteiger partial charge in [-0.3, -0.25) is 9.59 Å². The van der Waals surface area contributed by atoms with Crippen LogP contribution in [0.4, 0.5) is 13.8 Å². The van der Waals surface area contributed by atoms with Crippen LogP contribution in [0.3, 0.4) is 0 Å². The molecular weight excluding hydrogens is 500 g/mol. The van der Waals surface area contributed by atoms with Gasteiger partial charge in [0.05, 0.1) is 21.9 Å². The minimum absolute atomic E-state index is 0.0237. The standard InChI is InChI=1S/C25H19F2N7O2S/c1-2-18(35)32-7-8-33-12(11-32)5-6-34-22-14(25(33)36)9-17(27)20(21(22)30-31-34)13-3-4-16(26)23-19(13)15(10-28)24(29)37-23/h2-4,9,12H,1,5-8,11,29H2/t12-/m1/s1. The molecule has 12 heteroatoms. The number of nitrogens with zero attached hydrogens (tertiary/aromatic N) is 6. The van der Waals surface area contributed by atoms with E-state index in [1.807, 2.05) is 6.07 Å². The SMILES string of the molecule is C=CC(=O)N1CCN2C(=O)c3cc(F)c(-c4ccc(F)c5sc(N)c(C#N)c45)c4nnn(c34)CC[C@@H]2C1. The highest BCUT2D eigenvalue weighted by atomic mass is 32.1. The number of benzene rings is 2. The zero-order valence-electron chi connectivity index (χ0n) is 19.4. The third-order valence-corrected chi connectivity index (χ3v) is 8.10. The van der Waals surface area contributed by atoms with E-state index in [4.69, 9.17) is 5.73 Å². The van der Waals surface area contributed by atoms with Crippen molar-refractivity contribution in [1.82, 2.24) is 24.8 Å². The summed E-state index contributed by atoms with van der Waals surface area (Å²) in [6.07, 6.45) is 1.76. The Hall–Kier alpha value is -4.37. The highest BCUT2D eigenvalue weighted by Gasteiger charge is 2.36. The molecule has 2 aromatic heterocycles. The molecule has 2 aliphatic rings. The fraction of sp³-hybridized carbons (Fsp3) is 0.240. The number of nitriles is 1. The molecule has 186 valence electrons. The summed E-state index contributed by atoms with van der Waals surface area (Å²) >= 11 is 0.918. The number of fused-ring (bicyclic) bond motifs is 2. The van der Waals surface area contributed by atoms with E-state index in [0.29, 0.717) is 38.1 Å². The molecule has 6 rings (SSSR count). The monoisotopic (exact) mass is 519 g/mol. The first kappa shape index (κ1) is 23.1. The highest BCUT2D eigenvalue weighted by Crippen LogP contribution is 2.44. The molecule has 9 nitrogen and oxygen atoms in total. The molecule has 0 saturated carbocycles. The molecule has 0 aliphatic carbocycles. The van der Waals surface area contributed by atoms with E-state index in [1.54, 1.807) is 14.5 Å². The van der Waals surface area contributed by atoms with Crippen molar-refractivity contribution in [3.8, 4) is 17.2 Å². The van der Waals surface area contributed by atoms with Gasteiger partial charge < -0.3 is 15.5 Å². The quantitative estimate of drug-likeness (QED) is 0.406. The Morgan fingerprint density at radius 3 is 2.81 bits per heavy atom. The zero-order valence-corrected chi connectivity index (χ0v) is 20.2. The largest absolute Gasteiger partial charge is 0.389 e. The maximum atomic E-state index is 15.9. The van der Waals surface area contributed by atoms with E-state index in [1.165, 1.54) is 18.2 Å². The van der Waals surface area contributed by atoms with E-state index >= 15 is 4.39 Å². The van der Waals surface area contributed by atoms with E-state index < -0.39 is 11.6 Å². The molecule has 2 aliphatic heterocycles. The van der Waals surface area contributed by atoms with E-state index in [0.717, 1.165) is 17.4 Å². The maximum absolute atomic E-state index is 15.9. The minimum Gasteiger partial charge on any atom is -0.389 e. The Bertz CT molecular complexity index is 1700. The summed E-state index contributed by atoms with van der Waals surface area (Å²) < 4.78 is 32.2. The van der Waals surface area contributed by atoms with Gasteiger partial charge >= 0.3 is 0 Å². The van der Waals surface area contributed by atoms with Crippen LogP contribution < -0.4 is 5.73 Å². The Labute approximate surface area is 213 Å². The lowest BCUT2D eigenvalue weighted by molar-refractivity contribution is -0.128. The Morgan fingerprint density at radius 2 is 2.05 bits per heavy atom. The number of nitrogen functional groups attached to an aromatic ring is 1. The Morgan fingerprint density at radius 1 is 1.24 bits per heavy atom. The zero-order chi connectivity index (χ0) is 26.0. The van der Waals surface area contributed by atoms with Gasteiger partial charge in [0, 0.05) is 37.1 Å². The molecule has 0 spiro atoms. The number of rotatable bonds is 2. The number of carbonyl (C=O) groups excluding carboxylic acids is 2. The first-order valence-electron chi connectivity index (χ1n) is 11.5. The molecule has 0 radical (unpaired) electrons. The lowest BCUT2D eigenvalue weighted by atomic mass is 9.94. The van der Waals surface area contributed by atoms with Crippen molar-refractivity contribution in [2.75, 3.05) is 25.4 Å². The molecule has 4 aromatic rings. The lowest BCUT2D eigenvalue weighted by Gasteiger charge is -2.42. The van der Waals surface area contributed by atoms with Crippen molar-refractivity contribution in [2.45, 2.75) is 19.0 Å². The summed E-state index contributed by atoms with van der Waals surface area (Å²) in [4.78, 5) is 29.1. The first-order chi connectivity index (χ1) is 17.8. The number of halogens is 2. The van der Waals surface area contributed by atoms with Gasteiger partial charge in [0.15, 0.2) is 0 Å². The van der Waals surface area contributed by atoms with E-state index in [2.05, 4.69) is 16.9 Å². The lowest BCUT2D eigenvalue weighted by Crippen LogP contribution is -2.57. The van der Waals surface area contributed by atoms with Crippen LogP contribution in [-0.4, -0.2) is 62.3 Å². The highest BCUT2D eigenvalue weighted by molar-refractivity contribution is 7.23. The van der Waals surface area contributed by atoms with E-state index in [-0.39, 0.29) is 60.7 Å². The topological polar surface area (TPSA) is 121 Å². The number of piperazine rings is 1. The van der Waals surface area contributed by atoms with Crippen molar-refractivity contribution in [2.24, 2.45) is 0 Å². The van der Waals surface area contributed by atoms with Gasteiger partial charge in [0.25, 0.3) is 5.91 Å².